The molecule has 2 atom stereocenters. The number of carbonyl (C=O) groups excluding carboxylic acids is 3. The number of hydrogen-bond donors (Lipinski definition) is 1. The molecule has 0 bridgehead atoms. The summed E-state index contributed by atoms with van der Waals surface area (Å²) in [5.74, 6) is -1.01. The van der Waals surface area contributed by atoms with E-state index < -0.39 is 11.5 Å². The van der Waals surface area contributed by atoms with E-state index in [1.54, 1.807) is 68.0 Å². The summed E-state index contributed by atoms with van der Waals surface area (Å²) in [6.45, 7) is 0.210. The van der Waals surface area contributed by atoms with Crippen molar-refractivity contribution >= 4 is 17.7 Å². The van der Waals surface area contributed by atoms with E-state index in [1.807, 2.05) is 24.3 Å². The predicted molar refractivity (Wildman–Crippen MR) is 126 cm³/mol. The number of likely N-dealkylation sites (tertiary alicyclic amines) is 1. The molecule has 3 amide bonds. The zero-order valence-corrected chi connectivity index (χ0v) is 19.0. The summed E-state index contributed by atoms with van der Waals surface area (Å²) in [7, 11) is 1.60. The van der Waals surface area contributed by atoms with Gasteiger partial charge in [0, 0.05) is 32.3 Å². The van der Waals surface area contributed by atoms with Crippen LogP contribution in [0, 0.1) is 0 Å². The van der Waals surface area contributed by atoms with Crippen molar-refractivity contribution in [3.63, 3.8) is 0 Å². The Labute approximate surface area is 198 Å². The molecular formula is C27H27N3O4. The second-order valence-electron chi connectivity index (χ2n) is 8.64. The van der Waals surface area contributed by atoms with Crippen molar-refractivity contribution in [1.82, 2.24) is 14.8 Å². The summed E-state index contributed by atoms with van der Waals surface area (Å²) in [5, 5.41) is 10.6. The molecule has 0 saturated carbocycles. The Morgan fingerprint density at radius 2 is 1.65 bits per heavy atom. The molecule has 7 nitrogen and oxygen atoms in total. The molecule has 1 aliphatic rings. The number of imide groups is 1. The highest BCUT2D eigenvalue weighted by Crippen LogP contribution is 2.41. The Morgan fingerprint density at radius 3 is 2.29 bits per heavy atom. The molecular weight excluding hydrogens is 430 g/mol. The molecule has 2 aromatic carbocycles. The van der Waals surface area contributed by atoms with Gasteiger partial charge in [0.15, 0.2) is 0 Å². The summed E-state index contributed by atoms with van der Waals surface area (Å²) in [6.07, 6.45) is 2.13. The molecule has 1 aromatic heterocycles. The topological polar surface area (TPSA) is 90.8 Å². The molecule has 34 heavy (non-hydrogen) atoms. The van der Waals surface area contributed by atoms with Crippen molar-refractivity contribution in [2.75, 3.05) is 13.6 Å². The maximum absolute atomic E-state index is 13.7. The van der Waals surface area contributed by atoms with Crippen LogP contribution in [0.5, 0.6) is 0 Å². The Bertz CT molecular complexity index is 1150. The number of hydrogen-bond acceptors (Lipinski definition) is 5. The minimum absolute atomic E-state index is 0.0799. The quantitative estimate of drug-likeness (QED) is 0.526. The number of aromatic nitrogens is 1. The molecule has 0 aliphatic carbocycles. The third-order valence-electron chi connectivity index (χ3n) is 6.33. The predicted octanol–water partition coefficient (Wildman–Crippen LogP) is 2.86. The zero-order chi connectivity index (χ0) is 24.1. The number of likely N-dealkylation sites (N-methyl/N-ethyl adjacent to an activating group) is 1. The van der Waals surface area contributed by atoms with E-state index in [0.29, 0.717) is 11.1 Å². The SMILES string of the molecule is CN(C[C@H](O)c1ccccc1)C(=O)C[C@]1(c2ccccc2)CC(=O)N(Cc2ccncc2)C1=O. The molecule has 1 fully saturated rings. The Balaban J connectivity index is 1.57. The van der Waals surface area contributed by atoms with Crippen molar-refractivity contribution in [2.45, 2.75) is 30.9 Å². The largest absolute Gasteiger partial charge is 0.387 e. The van der Waals surface area contributed by atoms with Crippen molar-refractivity contribution in [1.29, 1.82) is 0 Å². The highest BCUT2D eigenvalue weighted by atomic mass is 16.3. The fourth-order valence-electron chi connectivity index (χ4n) is 4.39. The lowest BCUT2D eigenvalue weighted by molar-refractivity contribution is -0.143. The standard InChI is InChI=1S/C27H27N3O4/c1-29(19-23(31)21-8-4-2-5-9-21)24(32)16-27(22-10-6-3-7-11-22)17-25(33)30(26(27)34)18-20-12-14-28-15-13-20/h2-15,23,31H,16-19H2,1H3/t23-,27+/m0/s1. The molecule has 1 saturated heterocycles. The van der Waals surface area contributed by atoms with Gasteiger partial charge in [-0.05, 0) is 28.8 Å². The van der Waals surface area contributed by atoms with E-state index in [4.69, 9.17) is 0 Å². The highest BCUT2D eigenvalue weighted by Gasteiger charge is 2.53. The Morgan fingerprint density at radius 1 is 1.03 bits per heavy atom. The minimum atomic E-state index is -1.28. The maximum atomic E-state index is 13.7. The van der Waals surface area contributed by atoms with Crippen LogP contribution >= 0.6 is 0 Å². The highest BCUT2D eigenvalue weighted by molar-refractivity contribution is 6.10. The average molecular weight is 458 g/mol. The van der Waals surface area contributed by atoms with Crippen LogP contribution in [0.4, 0.5) is 0 Å². The van der Waals surface area contributed by atoms with Gasteiger partial charge >= 0.3 is 0 Å². The number of aliphatic hydroxyl groups is 1. The molecule has 3 aromatic rings. The molecule has 4 rings (SSSR count). The van der Waals surface area contributed by atoms with Crippen LogP contribution in [0.15, 0.2) is 85.2 Å². The first-order valence-electron chi connectivity index (χ1n) is 11.2. The third-order valence-corrected chi connectivity index (χ3v) is 6.33. The van der Waals surface area contributed by atoms with E-state index in [-0.39, 0.29) is 43.7 Å². The van der Waals surface area contributed by atoms with Crippen LogP contribution < -0.4 is 0 Å². The van der Waals surface area contributed by atoms with Crippen molar-refractivity contribution in [3.05, 3.63) is 102 Å². The van der Waals surface area contributed by atoms with E-state index in [9.17, 15) is 19.5 Å². The van der Waals surface area contributed by atoms with E-state index in [2.05, 4.69) is 4.98 Å². The lowest BCUT2D eigenvalue weighted by atomic mass is 9.75. The van der Waals surface area contributed by atoms with Gasteiger partial charge in [0.25, 0.3) is 0 Å². The second kappa shape index (κ2) is 9.97. The van der Waals surface area contributed by atoms with E-state index in [0.717, 1.165) is 5.56 Å². The summed E-state index contributed by atoms with van der Waals surface area (Å²) in [4.78, 5) is 46.6. The normalized spacial score (nSPS) is 18.7. The molecule has 7 heteroatoms. The van der Waals surface area contributed by atoms with Gasteiger partial charge < -0.3 is 10.0 Å². The first-order chi connectivity index (χ1) is 16.4. The fraction of sp³-hybridized carbons (Fsp3) is 0.259. The minimum Gasteiger partial charge on any atom is -0.387 e. The van der Waals surface area contributed by atoms with Crippen molar-refractivity contribution < 1.29 is 19.5 Å². The summed E-state index contributed by atoms with van der Waals surface area (Å²) >= 11 is 0. The summed E-state index contributed by atoms with van der Waals surface area (Å²) in [5.41, 5.74) is 0.843. The molecule has 0 radical (unpaired) electrons. The summed E-state index contributed by atoms with van der Waals surface area (Å²) in [6, 6.07) is 21.6. The first-order valence-corrected chi connectivity index (χ1v) is 11.2. The van der Waals surface area contributed by atoms with Gasteiger partial charge in [-0.1, -0.05) is 60.7 Å². The number of carbonyl (C=O) groups is 3. The van der Waals surface area contributed by atoms with E-state index in [1.165, 1.54) is 9.80 Å². The van der Waals surface area contributed by atoms with Gasteiger partial charge in [0.1, 0.15) is 0 Å². The van der Waals surface area contributed by atoms with Gasteiger partial charge in [-0.15, -0.1) is 0 Å². The van der Waals surface area contributed by atoms with Gasteiger partial charge in [-0.2, -0.15) is 0 Å². The number of nitrogens with zero attached hydrogens (tertiary/aromatic N) is 3. The van der Waals surface area contributed by atoms with E-state index >= 15 is 0 Å². The molecule has 1 N–H and O–H groups in total. The molecule has 0 unspecified atom stereocenters. The maximum Gasteiger partial charge on any atom is 0.241 e. The lowest BCUT2D eigenvalue weighted by Gasteiger charge is -2.30. The average Bonchev–Trinajstić information content (AvgIpc) is 3.10. The number of benzene rings is 2. The number of aliphatic hydroxyl groups excluding tert-OH is 1. The van der Waals surface area contributed by atoms with Crippen LogP contribution in [-0.4, -0.2) is 51.2 Å². The van der Waals surface area contributed by atoms with Crippen LogP contribution in [0.2, 0.25) is 0 Å². The van der Waals surface area contributed by atoms with Crippen LogP contribution in [0.3, 0.4) is 0 Å². The molecule has 1 aliphatic heterocycles. The number of amides is 3. The smallest absolute Gasteiger partial charge is 0.241 e. The molecule has 0 spiro atoms. The van der Waals surface area contributed by atoms with Crippen molar-refractivity contribution in [3.8, 4) is 0 Å². The fourth-order valence-corrected chi connectivity index (χ4v) is 4.39. The Hall–Kier alpha value is -3.84. The molecule has 2 heterocycles. The summed E-state index contributed by atoms with van der Waals surface area (Å²) < 4.78 is 0. The number of rotatable bonds is 8. The van der Waals surface area contributed by atoms with Gasteiger partial charge in [0.05, 0.1) is 24.6 Å². The van der Waals surface area contributed by atoms with Crippen LogP contribution in [-0.2, 0) is 26.3 Å². The van der Waals surface area contributed by atoms with Gasteiger partial charge in [-0.25, -0.2) is 0 Å². The monoisotopic (exact) mass is 457 g/mol. The van der Waals surface area contributed by atoms with Gasteiger partial charge in [0.2, 0.25) is 17.7 Å². The first kappa shape index (κ1) is 23.3. The van der Waals surface area contributed by atoms with Gasteiger partial charge in [-0.3, -0.25) is 24.3 Å². The zero-order valence-electron chi connectivity index (χ0n) is 19.0. The van der Waals surface area contributed by atoms with Crippen molar-refractivity contribution in [2.24, 2.45) is 0 Å². The number of pyridine rings is 1. The van der Waals surface area contributed by atoms with Crippen LogP contribution in [0.25, 0.3) is 0 Å². The second-order valence-corrected chi connectivity index (χ2v) is 8.64. The van der Waals surface area contributed by atoms with Crippen LogP contribution in [0.1, 0.15) is 35.6 Å². The Kier molecular flexibility index (Phi) is 6.84. The third kappa shape index (κ3) is 4.75. The molecule has 174 valence electrons. The lowest BCUT2D eigenvalue weighted by Crippen LogP contribution is -2.43.